The summed E-state index contributed by atoms with van der Waals surface area (Å²) in [4.78, 5) is 24.3. The number of hydrogen-bond donors (Lipinski definition) is 1. The highest BCUT2D eigenvalue weighted by Crippen LogP contribution is 2.39. The van der Waals surface area contributed by atoms with E-state index in [4.69, 9.17) is 18.9 Å². The number of carbonyl (C=O) groups is 2. The maximum absolute atomic E-state index is 12.3. The number of methoxy groups -OCH3 is 3. The lowest BCUT2D eigenvalue weighted by Gasteiger charge is -2.15. The Morgan fingerprint density at radius 2 is 1.63 bits per heavy atom. The SMILES string of the molecule is COc1ccc(C(=O)OCC(=O)NCc2ccccc2C)c(OC)c1OC. The molecule has 0 unspecified atom stereocenters. The summed E-state index contributed by atoms with van der Waals surface area (Å²) in [7, 11) is 4.32. The fraction of sp³-hybridized carbons (Fsp3) is 0.300. The van der Waals surface area contributed by atoms with E-state index in [0.29, 0.717) is 12.3 Å². The second-order valence-electron chi connectivity index (χ2n) is 5.66. The van der Waals surface area contributed by atoms with Crippen LogP contribution in [0.4, 0.5) is 0 Å². The number of aryl methyl sites for hydroxylation is 1. The molecule has 144 valence electrons. The summed E-state index contributed by atoms with van der Waals surface area (Å²) >= 11 is 0. The summed E-state index contributed by atoms with van der Waals surface area (Å²) in [5.41, 5.74) is 2.21. The molecule has 0 bridgehead atoms. The highest BCUT2D eigenvalue weighted by molar-refractivity contribution is 5.95. The summed E-state index contributed by atoms with van der Waals surface area (Å²) in [6, 6.07) is 10.8. The van der Waals surface area contributed by atoms with Crippen LogP contribution >= 0.6 is 0 Å². The van der Waals surface area contributed by atoms with Gasteiger partial charge in [-0.15, -0.1) is 0 Å². The van der Waals surface area contributed by atoms with Gasteiger partial charge < -0.3 is 24.3 Å². The Morgan fingerprint density at radius 3 is 2.26 bits per heavy atom. The summed E-state index contributed by atoms with van der Waals surface area (Å²) in [5.74, 6) is -0.215. The van der Waals surface area contributed by atoms with E-state index in [1.165, 1.54) is 27.4 Å². The Hall–Kier alpha value is -3.22. The van der Waals surface area contributed by atoms with Gasteiger partial charge in [-0.25, -0.2) is 4.79 Å². The Kier molecular flexibility index (Phi) is 7.05. The van der Waals surface area contributed by atoms with Crippen LogP contribution in [0.5, 0.6) is 17.2 Å². The van der Waals surface area contributed by atoms with Crippen LogP contribution in [0.2, 0.25) is 0 Å². The van der Waals surface area contributed by atoms with Gasteiger partial charge in [0.25, 0.3) is 5.91 Å². The molecule has 27 heavy (non-hydrogen) atoms. The van der Waals surface area contributed by atoms with E-state index in [0.717, 1.165) is 11.1 Å². The minimum atomic E-state index is -0.696. The van der Waals surface area contributed by atoms with Crippen LogP contribution in [-0.2, 0) is 16.1 Å². The molecule has 0 atom stereocenters. The lowest BCUT2D eigenvalue weighted by atomic mass is 10.1. The maximum Gasteiger partial charge on any atom is 0.342 e. The van der Waals surface area contributed by atoms with Crippen LogP contribution in [-0.4, -0.2) is 39.8 Å². The van der Waals surface area contributed by atoms with Gasteiger partial charge in [-0.3, -0.25) is 4.79 Å². The first-order valence-corrected chi connectivity index (χ1v) is 8.29. The minimum absolute atomic E-state index is 0.141. The maximum atomic E-state index is 12.3. The first kappa shape index (κ1) is 20.1. The van der Waals surface area contributed by atoms with Gasteiger partial charge in [0.15, 0.2) is 18.1 Å². The number of carbonyl (C=O) groups excluding carboxylic acids is 2. The average Bonchev–Trinajstić information content (AvgIpc) is 2.69. The van der Waals surface area contributed by atoms with Crippen LogP contribution in [0.3, 0.4) is 0 Å². The largest absolute Gasteiger partial charge is 0.493 e. The molecule has 7 nitrogen and oxygen atoms in total. The van der Waals surface area contributed by atoms with E-state index in [2.05, 4.69) is 5.32 Å². The van der Waals surface area contributed by atoms with Gasteiger partial charge in [-0.2, -0.15) is 0 Å². The van der Waals surface area contributed by atoms with E-state index >= 15 is 0 Å². The minimum Gasteiger partial charge on any atom is -0.493 e. The van der Waals surface area contributed by atoms with Gasteiger partial charge in [-0.05, 0) is 30.2 Å². The molecule has 0 heterocycles. The zero-order chi connectivity index (χ0) is 19.8. The van der Waals surface area contributed by atoms with Crippen molar-refractivity contribution < 1.29 is 28.5 Å². The van der Waals surface area contributed by atoms with E-state index in [9.17, 15) is 9.59 Å². The second-order valence-corrected chi connectivity index (χ2v) is 5.66. The van der Waals surface area contributed by atoms with Gasteiger partial charge in [0.05, 0.1) is 21.3 Å². The monoisotopic (exact) mass is 373 g/mol. The molecule has 2 aromatic rings. The van der Waals surface area contributed by atoms with Crippen molar-refractivity contribution in [3.8, 4) is 17.2 Å². The molecular formula is C20H23NO6. The van der Waals surface area contributed by atoms with Crippen molar-refractivity contribution in [1.29, 1.82) is 0 Å². The molecule has 0 spiro atoms. The number of amides is 1. The van der Waals surface area contributed by atoms with Crippen LogP contribution < -0.4 is 19.5 Å². The van der Waals surface area contributed by atoms with E-state index in [1.54, 1.807) is 6.07 Å². The number of nitrogens with one attached hydrogen (secondary N) is 1. The van der Waals surface area contributed by atoms with Gasteiger partial charge >= 0.3 is 5.97 Å². The van der Waals surface area contributed by atoms with Crippen molar-refractivity contribution in [1.82, 2.24) is 5.32 Å². The van der Waals surface area contributed by atoms with Crippen LogP contribution in [0, 0.1) is 6.92 Å². The third-order valence-corrected chi connectivity index (χ3v) is 4.00. The zero-order valence-corrected chi connectivity index (χ0v) is 15.8. The summed E-state index contributed by atoms with van der Waals surface area (Å²) in [6.07, 6.45) is 0. The standard InChI is InChI=1S/C20H23NO6/c1-13-7-5-6-8-14(13)11-21-17(22)12-27-20(23)15-9-10-16(24-2)19(26-4)18(15)25-3/h5-10H,11-12H2,1-4H3,(H,21,22). The highest BCUT2D eigenvalue weighted by atomic mass is 16.5. The quantitative estimate of drug-likeness (QED) is 0.716. The topological polar surface area (TPSA) is 83.1 Å². The number of rotatable bonds is 8. The van der Waals surface area contributed by atoms with Crippen LogP contribution in [0.25, 0.3) is 0 Å². The molecule has 0 saturated carbocycles. The molecule has 7 heteroatoms. The van der Waals surface area contributed by atoms with E-state index in [1.807, 2.05) is 31.2 Å². The molecule has 0 fully saturated rings. The van der Waals surface area contributed by atoms with Crippen molar-refractivity contribution in [3.63, 3.8) is 0 Å². The summed E-state index contributed by atoms with van der Waals surface area (Å²) in [6.45, 7) is 1.93. The van der Waals surface area contributed by atoms with E-state index < -0.39 is 18.5 Å². The average molecular weight is 373 g/mol. The van der Waals surface area contributed by atoms with Gasteiger partial charge in [-0.1, -0.05) is 24.3 Å². The van der Waals surface area contributed by atoms with Crippen molar-refractivity contribution in [3.05, 3.63) is 53.1 Å². The molecule has 1 amide bonds. The summed E-state index contributed by atoms with van der Waals surface area (Å²) in [5, 5.41) is 2.72. The fourth-order valence-electron chi connectivity index (χ4n) is 2.52. The predicted octanol–water partition coefficient (Wildman–Crippen LogP) is 2.49. The Bertz CT molecular complexity index is 818. The second kappa shape index (κ2) is 9.47. The molecular weight excluding hydrogens is 350 g/mol. The molecule has 0 aliphatic heterocycles. The van der Waals surface area contributed by atoms with Crippen molar-refractivity contribution in [2.45, 2.75) is 13.5 Å². The lowest BCUT2D eigenvalue weighted by molar-refractivity contribution is -0.124. The van der Waals surface area contributed by atoms with Crippen molar-refractivity contribution in [2.75, 3.05) is 27.9 Å². The van der Waals surface area contributed by atoms with Gasteiger partial charge in [0, 0.05) is 6.54 Å². The van der Waals surface area contributed by atoms with Crippen LogP contribution in [0.1, 0.15) is 21.5 Å². The Labute approximate surface area is 158 Å². The summed E-state index contributed by atoms with van der Waals surface area (Å²) < 4.78 is 20.8. The van der Waals surface area contributed by atoms with Crippen molar-refractivity contribution >= 4 is 11.9 Å². The van der Waals surface area contributed by atoms with Gasteiger partial charge in [0.2, 0.25) is 5.75 Å². The molecule has 2 rings (SSSR count). The molecule has 1 N–H and O–H groups in total. The third-order valence-electron chi connectivity index (χ3n) is 4.00. The highest BCUT2D eigenvalue weighted by Gasteiger charge is 2.22. The first-order valence-electron chi connectivity index (χ1n) is 8.29. The van der Waals surface area contributed by atoms with Crippen LogP contribution in [0.15, 0.2) is 36.4 Å². The first-order chi connectivity index (χ1) is 13.0. The van der Waals surface area contributed by atoms with E-state index in [-0.39, 0.29) is 17.1 Å². The fourth-order valence-corrected chi connectivity index (χ4v) is 2.52. The molecule has 0 radical (unpaired) electrons. The van der Waals surface area contributed by atoms with Crippen molar-refractivity contribution in [2.24, 2.45) is 0 Å². The Balaban J connectivity index is 1.99. The normalized spacial score (nSPS) is 10.1. The zero-order valence-electron chi connectivity index (χ0n) is 15.8. The molecule has 2 aromatic carbocycles. The predicted molar refractivity (Wildman–Crippen MR) is 99.4 cm³/mol. The number of benzene rings is 2. The number of ether oxygens (including phenoxy) is 4. The molecule has 0 saturated heterocycles. The lowest BCUT2D eigenvalue weighted by Crippen LogP contribution is -2.28. The molecule has 0 aliphatic carbocycles. The molecule has 0 aromatic heterocycles. The number of esters is 1. The third kappa shape index (κ3) is 4.91. The molecule has 0 aliphatic rings. The number of hydrogen-bond acceptors (Lipinski definition) is 6. The smallest absolute Gasteiger partial charge is 0.342 e. The Morgan fingerprint density at radius 1 is 0.926 bits per heavy atom. The van der Waals surface area contributed by atoms with Gasteiger partial charge in [0.1, 0.15) is 5.56 Å².